The second-order valence-corrected chi connectivity index (χ2v) is 5.37. The highest BCUT2D eigenvalue weighted by molar-refractivity contribution is 5.59. The molecule has 0 bridgehead atoms. The number of nitrogens with one attached hydrogen (secondary N) is 1. The molecule has 0 aliphatic heterocycles. The van der Waals surface area contributed by atoms with Crippen molar-refractivity contribution in [2.45, 2.75) is 6.92 Å². The second kappa shape index (κ2) is 5.82. The molecule has 0 aliphatic carbocycles. The van der Waals surface area contributed by atoms with Crippen LogP contribution in [0.5, 0.6) is 0 Å². The van der Waals surface area contributed by atoms with Gasteiger partial charge < -0.3 is 9.51 Å². The number of rotatable bonds is 3. The van der Waals surface area contributed by atoms with Crippen LogP contribution in [0.25, 0.3) is 28.7 Å². The Morgan fingerprint density at radius 3 is 2.68 bits per heavy atom. The number of hydrogen-bond donors (Lipinski definition) is 1. The Balaban J connectivity index is 1.68. The Hall–Kier alpha value is -3.55. The fraction of sp³-hybridized carbons (Fsp3) is 0.0588. The van der Waals surface area contributed by atoms with Crippen LogP contribution in [0.15, 0.2) is 58.1 Å². The van der Waals surface area contributed by atoms with E-state index in [1.54, 1.807) is 35.0 Å². The van der Waals surface area contributed by atoms with Gasteiger partial charge in [0, 0.05) is 23.7 Å². The number of imidazole rings is 1. The van der Waals surface area contributed by atoms with Crippen molar-refractivity contribution >= 4 is 0 Å². The summed E-state index contributed by atoms with van der Waals surface area (Å²) in [6, 6.07) is 9.83. The van der Waals surface area contributed by atoms with Crippen molar-refractivity contribution in [2.75, 3.05) is 0 Å². The van der Waals surface area contributed by atoms with Gasteiger partial charge in [-0.1, -0.05) is 5.16 Å². The van der Waals surface area contributed by atoms with Crippen molar-refractivity contribution < 1.29 is 8.91 Å². The number of benzene rings is 1. The standard InChI is InChI=1S/C17H12FN5O2/c1-10-9-20-17(24)23(10)12-6-4-11(5-7-12)15-21-16(25-22-15)14-13(18)3-2-8-19-14/h2-9H,1H3,(H,20,24). The van der Waals surface area contributed by atoms with Crippen LogP contribution in [0.3, 0.4) is 0 Å². The third-order valence-corrected chi connectivity index (χ3v) is 3.73. The molecule has 4 aromatic rings. The molecule has 1 aromatic carbocycles. The van der Waals surface area contributed by atoms with Gasteiger partial charge in [-0.15, -0.1) is 0 Å². The molecule has 0 fully saturated rings. The number of nitrogens with zero attached hydrogens (tertiary/aromatic N) is 4. The lowest BCUT2D eigenvalue weighted by atomic mass is 10.2. The normalized spacial score (nSPS) is 11.0. The minimum atomic E-state index is -0.532. The van der Waals surface area contributed by atoms with Crippen molar-refractivity contribution in [2.24, 2.45) is 0 Å². The number of aromatic amines is 1. The summed E-state index contributed by atoms with van der Waals surface area (Å²) in [7, 11) is 0. The molecule has 0 unspecified atom stereocenters. The first-order valence-electron chi connectivity index (χ1n) is 7.46. The minimum Gasteiger partial charge on any atom is -0.332 e. The zero-order chi connectivity index (χ0) is 17.4. The van der Waals surface area contributed by atoms with Crippen molar-refractivity contribution in [1.29, 1.82) is 0 Å². The maximum absolute atomic E-state index is 13.7. The number of aryl methyl sites for hydroxylation is 1. The van der Waals surface area contributed by atoms with Crippen LogP contribution < -0.4 is 5.69 Å². The molecular formula is C17H12FN5O2. The summed E-state index contributed by atoms with van der Waals surface area (Å²) < 4.78 is 20.4. The average Bonchev–Trinajstić information content (AvgIpc) is 3.23. The van der Waals surface area contributed by atoms with E-state index < -0.39 is 5.82 Å². The lowest BCUT2D eigenvalue weighted by molar-refractivity contribution is 0.428. The van der Waals surface area contributed by atoms with E-state index >= 15 is 0 Å². The van der Waals surface area contributed by atoms with Gasteiger partial charge >= 0.3 is 5.69 Å². The first kappa shape index (κ1) is 15.0. The maximum Gasteiger partial charge on any atom is 0.330 e. The number of hydrogen-bond acceptors (Lipinski definition) is 5. The van der Waals surface area contributed by atoms with E-state index in [9.17, 15) is 9.18 Å². The fourth-order valence-corrected chi connectivity index (χ4v) is 2.52. The van der Waals surface area contributed by atoms with Crippen LogP contribution in [-0.2, 0) is 0 Å². The van der Waals surface area contributed by atoms with Crippen LogP contribution in [0.2, 0.25) is 0 Å². The molecule has 0 spiro atoms. The van der Waals surface area contributed by atoms with Crippen LogP contribution in [0.4, 0.5) is 4.39 Å². The predicted octanol–water partition coefficient (Wildman–Crippen LogP) is 2.73. The van der Waals surface area contributed by atoms with Gasteiger partial charge in [0.2, 0.25) is 5.82 Å². The summed E-state index contributed by atoms with van der Waals surface area (Å²) in [5.74, 6) is -0.213. The predicted molar refractivity (Wildman–Crippen MR) is 87.6 cm³/mol. The van der Waals surface area contributed by atoms with Gasteiger partial charge in [-0.25, -0.2) is 14.2 Å². The molecule has 4 rings (SSSR count). The van der Waals surface area contributed by atoms with Crippen molar-refractivity contribution in [3.63, 3.8) is 0 Å². The van der Waals surface area contributed by atoms with E-state index in [4.69, 9.17) is 4.52 Å². The average molecular weight is 337 g/mol. The van der Waals surface area contributed by atoms with E-state index in [0.29, 0.717) is 17.1 Å². The highest BCUT2D eigenvalue weighted by Crippen LogP contribution is 2.23. The summed E-state index contributed by atoms with van der Waals surface area (Å²) in [5, 5.41) is 3.86. The molecule has 3 aromatic heterocycles. The molecule has 3 heterocycles. The molecule has 124 valence electrons. The molecule has 0 saturated heterocycles. The van der Waals surface area contributed by atoms with E-state index in [2.05, 4.69) is 20.1 Å². The monoisotopic (exact) mass is 337 g/mol. The number of halogens is 1. The van der Waals surface area contributed by atoms with Crippen LogP contribution >= 0.6 is 0 Å². The first-order chi connectivity index (χ1) is 12.1. The molecule has 0 radical (unpaired) electrons. The quantitative estimate of drug-likeness (QED) is 0.621. The molecule has 1 N–H and O–H groups in total. The van der Waals surface area contributed by atoms with E-state index in [0.717, 1.165) is 5.69 Å². The summed E-state index contributed by atoms with van der Waals surface area (Å²) in [5.41, 5.74) is 1.98. The van der Waals surface area contributed by atoms with Gasteiger partial charge in [0.25, 0.3) is 5.89 Å². The zero-order valence-corrected chi connectivity index (χ0v) is 13.1. The van der Waals surface area contributed by atoms with Crippen LogP contribution in [0.1, 0.15) is 5.69 Å². The number of H-pyrrole nitrogens is 1. The smallest absolute Gasteiger partial charge is 0.330 e. The third-order valence-electron chi connectivity index (χ3n) is 3.73. The molecule has 8 heteroatoms. The summed E-state index contributed by atoms with van der Waals surface area (Å²) in [6.45, 7) is 1.83. The lowest BCUT2D eigenvalue weighted by Crippen LogP contribution is -2.15. The Morgan fingerprint density at radius 1 is 1.20 bits per heavy atom. The Kier molecular flexibility index (Phi) is 3.50. The molecule has 0 amide bonds. The Morgan fingerprint density at radius 2 is 2.00 bits per heavy atom. The molecular weight excluding hydrogens is 325 g/mol. The zero-order valence-electron chi connectivity index (χ0n) is 13.1. The Labute approximate surface area is 140 Å². The van der Waals surface area contributed by atoms with E-state index in [-0.39, 0.29) is 17.3 Å². The van der Waals surface area contributed by atoms with Gasteiger partial charge in [-0.05, 0) is 43.3 Å². The Bertz CT molecular complexity index is 1090. The van der Waals surface area contributed by atoms with Gasteiger partial charge in [-0.2, -0.15) is 4.98 Å². The number of pyridine rings is 1. The molecule has 7 nitrogen and oxygen atoms in total. The number of aromatic nitrogens is 5. The van der Waals surface area contributed by atoms with Crippen LogP contribution in [0, 0.1) is 12.7 Å². The lowest BCUT2D eigenvalue weighted by Gasteiger charge is -2.04. The van der Waals surface area contributed by atoms with Crippen molar-refractivity contribution in [1.82, 2.24) is 24.7 Å². The summed E-state index contributed by atoms with van der Waals surface area (Å²) >= 11 is 0. The minimum absolute atomic E-state index is 0.00682. The van der Waals surface area contributed by atoms with Gasteiger partial charge in [0.1, 0.15) is 0 Å². The molecule has 0 aliphatic rings. The SMILES string of the molecule is Cc1c[nH]c(=O)n1-c1ccc(-c2noc(-c3ncccc3F)n2)cc1. The molecule has 0 saturated carbocycles. The summed E-state index contributed by atoms with van der Waals surface area (Å²) in [4.78, 5) is 22.5. The highest BCUT2D eigenvalue weighted by Gasteiger charge is 2.15. The highest BCUT2D eigenvalue weighted by atomic mass is 19.1. The van der Waals surface area contributed by atoms with Crippen LogP contribution in [-0.4, -0.2) is 24.7 Å². The van der Waals surface area contributed by atoms with Gasteiger partial charge in [-0.3, -0.25) is 4.57 Å². The maximum atomic E-state index is 13.7. The summed E-state index contributed by atoms with van der Waals surface area (Å²) in [6.07, 6.45) is 3.09. The van der Waals surface area contributed by atoms with E-state index in [1.807, 2.05) is 6.92 Å². The molecule has 0 atom stereocenters. The molecule has 25 heavy (non-hydrogen) atoms. The largest absolute Gasteiger partial charge is 0.332 e. The first-order valence-corrected chi connectivity index (χ1v) is 7.46. The van der Waals surface area contributed by atoms with Gasteiger partial charge in [0.05, 0.1) is 5.69 Å². The van der Waals surface area contributed by atoms with E-state index in [1.165, 1.54) is 18.3 Å². The topological polar surface area (TPSA) is 89.6 Å². The second-order valence-electron chi connectivity index (χ2n) is 5.37. The van der Waals surface area contributed by atoms with Crippen molar-refractivity contribution in [3.8, 4) is 28.7 Å². The van der Waals surface area contributed by atoms with Crippen molar-refractivity contribution in [3.05, 3.63) is 70.8 Å². The fourth-order valence-electron chi connectivity index (χ4n) is 2.52. The third kappa shape index (κ3) is 2.63. The van der Waals surface area contributed by atoms with Gasteiger partial charge in [0.15, 0.2) is 11.5 Å².